The number of carbonyl (C=O) groups excluding carboxylic acids is 1. The van der Waals surface area contributed by atoms with Crippen molar-refractivity contribution in [1.29, 1.82) is 0 Å². The van der Waals surface area contributed by atoms with Gasteiger partial charge in [0.2, 0.25) is 5.78 Å². The van der Waals surface area contributed by atoms with Crippen molar-refractivity contribution in [2.24, 2.45) is 4.99 Å². The fourth-order valence-corrected chi connectivity index (χ4v) is 3.94. The summed E-state index contributed by atoms with van der Waals surface area (Å²) in [6.07, 6.45) is 0.310. The van der Waals surface area contributed by atoms with Gasteiger partial charge in [0.1, 0.15) is 11.4 Å². The molecule has 6 heteroatoms. The molecule has 2 aliphatic rings. The van der Waals surface area contributed by atoms with Crippen LogP contribution in [0.3, 0.4) is 0 Å². The number of rotatable bonds is 1. The van der Waals surface area contributed by atoms with E-state index in [9.17, 15) is 9.90 Å². The van der Waals surface area contributed by atoms with Gasteiger partial charge in [0, 0.05) is 37.2 Å². The van der Waals surface area contributed by atoms with E-state index in [1.165, 1.54) is 0 Å². The number of amidine groups is 1. The monoisotopic (exact) mass is 361 g/mol. The summed E-state index contributed by atoms with van der Waals surface area (Å²) in [4.78, 5) is 24.0. The minimum absolute atomic E-state index is 0.273. The van der Waals surface area contributed by atoms with Crippen LogP contribution in [-0.2, 0) is 0 Å². The summed E-state index contributed by atoms with van der Waals surface area (Å²) < 4.78 is 5.63. The first kappa shape index (κ1) is 16.2. The highest BCUT2D eigenvalue weighted by atomic mass is 16.3. The number of ketones is 1. The lowest BCUT2D eigenvalue weighted by atomic mass is 9.86. The Hall–Kier alpha value is -2.99. The first-order chi connectivity index (χ1) is 12.9. The zero-order valence-corrected chi connectivity index (χ0v) is 15.4. The van der Waals surface area contributed by atoms with Crippen LogP contribution in [0.5, 0.6) is 0 Å². The van der Waals surface area contributed by atoms with E-state index in [0.717, 1.165) is 22.3 Å². The van der Waals surface area contributed by atoms with Gasteiger partial charge in [0.05, 0.1) is 5.69 Å². The second kappa shape index (κ2) is 5.27. The normalized spacial score (nSPS) is 21.4. The molecule has 1 unspecified atom stereocenters. The molecule has 2 aliphatic heterocycles. The van der Waals surface area contributed by atoms with Crippen LogP contribution in [0.1, 0.15) is 33.8 Å². The van der Waals surface area contributed by atoms with Crippen molar-refractivity contribution in [3.05, 3.63) is 52.9 Å². The molecule has 0 saturated carbocycles. The van der Waals surface area contributed by atoms with E-state index >= 15 is 0 Å². The molecule has 3 aromatic rings. The third-order valence-corrected chi connectivity index (χ3v) is 5.57. The van der Waals surface area contributed by atoms with Gasteiger partial charge in [-0.2, -0.15) is 0 Å². The van der Waals surface area contributed by atoms with Gasteiger partial charge in [0.15, 0.2) is 17.1 Å². The molecule has 1 aromatic heterocycles. The first-order valence-corrected chi connectivity index (χ1v) is 8.99. The number of hydrogen-bond acceptors (Lipinski definition) is 6. The quantitative estimate of drug-likeness (QED) is 0.716. The maximum absolute atomic E-state index is 13.1. The molecular weight excluding hydrogens is 342 g/mol. The number of aryl methyl sites for hydroxylation is 3. The summed E-state index contributed by atoms with van der Waals surface area (Å²) in [5.41, 5.74) is 3.90. The second-order valence-electron chi connectivity index (χ2n) is 7.36. The van der Waals surface area contributed by atoms with Crippen molar-refractivity contribution in [2.75, 3.05) is 11.4 Å². The fraction of sp³-hybridized carbons (Fsp3) is 0.286. The molecule has 1 fully saturated rings. The van der Waals surface area contributed by atoms with Crippen LogP contribution in [-0.4, -0.2) is 33.9 Å². The molecule has 3 heterocycles. The van der Waals surface area contributed by atoms with Crippen molar-refractivity contribution < 1.29 is 14.3 Å². The number of hydrogen-bond donors (Lipinski definition) is 1. The summed E-state index contributed by atoms with van der Waals surface area (Å²) in [6.45, 7) is 6.26. The Kier molecular flexibility index (Phi) is 3.16. The van der Waals surface area contributed by atoms with Crippen LogP contribution in [0.15, 0.2) is 39.7 Å². The number of aliphatic imine (C=N–C) groups is 1. The summed E-state index contributed by atoms with van der Waals surface area (Å²) in [5, 5.41) is 11.2. The smallest absolute Gasteiger partial charge is 0.204 e. The molecule has 27 heavy (non-hydrogen) atoms. The Morgan fingerprint density at radius 2 is 1.93 bits per heavy atom. The molecule has 1 N–H and O–H groups in total. The summed E-state index contributed by atoms with van der Waals surface area (Å²) >= 11 is 0. The van der Waals surface area contributed by atoms with Gasteiger partial charge >= 0.3 is 0 Å². The van der Waals surface area contributed by atoms with Gasteiger partial charge < -0.3 is 14.4 Å². The molecule has 0 bridgehead atoms. The standard InChI is InChI=1S/C21H19N3O3/c1-11-8-15-17(9-12(11)2)23-20-21(26,19(15)25)6-7-24(20)14-4-5-16-18(10-14)27-13(3)22-16/h4-5,8-10,26H,6-7H2,1-3H3. The molecule has 0 amide bonds. The Bertz CT molecular complexity index is 1160. The van der Waals surface area contributed by atoms with E-state index in [0.29, 0.717) is 41.5 Å². The molecule has 2 aromatic carbocycles. The maximum Gasteiger partial charge on any atom is 0.204 e. The molecule has 0 spiro atoms. The predicted octanol–water partition coefficient (Wildman–Crippen LogP) is 3.62. The summed E-state index contributed by atoms with van der Waals surface area (Å²) in [6, 6.07) is 9.42. The Balaban J connectivity index is 1.66. The van der Waals surface area contributed by atoms with E-state index in [1.807, 2.05) is 49.1 Å². The van der Waals surface area contributed by atoms with Crippen LogP contribution >= 0.6 is 0 Å². The number of Topliss-reactive ketones (excluding diaryl/α,β-unsaturated/α-hetero) is 1. The van der Waals surface area contributed by atoms with Crippen LogP contribution in [0.2, 0.25) is 0 Å². The highest BCUT2D eigenvalue weighted by molar-refractivity contribution is 6.28. The van der Waals surface area contributed by atoms with E-state index in [4.69, 9.17) is 9.41 Å². The van der Waals surface area contributed by atoms with E-state index < -0.39 is 5.60 Å². The van der Waals surface area contributed by atoms with Crippen LogP contribution in [0.4, 0.5) is 11.4 Å². The van der Waals surface area contributed by atoms with E-state index in [1.54, 1.807) is 6.92 Å². The van der Waals surface area contributed by atoms with Crippen LogP contribution < -0.4 is 4.90 Å². The number of oxazole rings is 1. The molecule has 1 saturated heterocycles. The number of nitrogens with zero attached hydrogens (tertiary/aromatic N) is 3. The highest BCUT2D eigenvalue weighted by Crippen LogP contribution is 2.40. The molecule has 5 rings (SSSR count). The lowest BCUT2D eigenvalue weighted by molar-refractivity contribution is 0.0602. The molecule has 136 valence electrons. The number of aromatic nitrogens is 1. The highest BCUT2D eigenvalue weighted by Gasteiger charge is 2.52. The summed E-state index contributed by atoms with van der Waals surface area (Å²) in [5.74, 6) is 0.716. The Morgan fingerprint density at radius 1 is 1.15 bits per heavy atom. The largest absolute Gasteiger partial charge is 0.441 e. The molecule has 0 aliphatic carbocycles. The number of anilines is 1. The SMILES string of the molecule is Cc1nc2ccc(N3CCC4(O)C(=O)c5cc(C)c(C)cc5N=C34)cc2o1. The second-order valence-corrected chi connectivity index (χ2v) is 7.36. The number of carbonyl (C=O) groups is 1. The van der Waals surface area contributed by atoms with Gasteiger partial charge in [-0.1, -0.05) is 0 Å². The summed E-state index contributed by atoms with van der Waals surface area (Å²) in [7, 11) is 0. The zero-order valence-electron chi connectivity index (χ0n) is 15.4. The van der Waals surface area contributed by atoms with Gasteiger partial charge in [-0.3, -0.25) is 4.79 Å². The number of benzene rings is 2. The van der Waals surface area contributed by atoms with Crippen molar-refractivity contribution in [3.63, 3.8) is 0 Å². The van der Waals surface area contributed by atoms with Crippen molar-refractivity contribution in [1.82, 2.24) is 4.98 Å². The minimum atomic E-state index is -1.58. The van der Waals surface area contributed by atoms with Crippen LogP contribution in [0.25, 0.3) is 11.1 Å². The van der Waals surface area contributed by atoms with Gasteiger partial charge in [-0.25, -0.2) is 9.98 Å². The van der Waals surface area contributed by atoms with Crippen molar-refractivity contribution in [3.8, 4) is 0 Å². The number of aliphatic hydroxyl groups is 1. The Morgan fingerprint density at radius 3 is 2.74 bits per heavy atom. The first-order valence-electron chi connectivity index (χ1n) is 8.99. The molecule has 0 radical (unpaired) electrons. The van der Waals surface area contributed by atoms with E-state index in [2.05, 4.69) is 4.98 Å². The fourth-order valence-electron chi connectivity index (χ4n) is 3.94. The predicted molar refractivity (Wildman–Crippen MR) is 103 cm³/mol. The average Bonchev–Trinajstić information content (AvgIpc) is 3.16. The topological polar surface area (TPSA) is 78.9 Å². The average molecular weight is 361 g/mol. The molecular formula is C21H19N3O3. The van der Waals surface area contributed by atoms with E-state index in [-0.39, 0.29) is 5.78 Å². The maximum atomic E-state index is 13.1. The lowest BCUT2D eigenvalue weighted by Gasteiger charge is -2.30. The molecule has 6 nitrogen and oxygen atoms in total. The van der Waals surface area contributed by atoms with Gasteiger partial charge in [-0.15, -0.1) is 0 Å². The van der Waals surface area contributed by atoms with Crippen molar-refractivity contribution >= 4 is 34.1 Å². The molecule has 1 atom stereocenters. The van der Waals surface area contributed by atoms with Gasteiger partial charge in [0.25, 0.3) is 0 Å². The Labute approximate surface area is 156 Å². The zero-order chi connectivity index (χ0) is 18.9. The van der Waals surface area contributed by atoms with Crippen molar-refractivity contribution in [2.45, 2.75) is 32.8 Å². The van der Waals surface area contributed by atoms with Crippen LogP contribution in [0, 0.1) is 20.8 Å². The number of fused-ring (bicyclic) bond motifs is 3. The third kappa shape index (κ3) is 2.20. The minimum Gasteiger partial charge on any atom is -0.441 e. The lowest BCUT2D eigenvalue weighted by Crippen LogP contribution is -2.48. The third-order valence-electron chi connectivity index (χ3n) is 5.57. The van der Waals surface area contributed by atoms with Gasteiger partial charge in [-0.05, 0) is 49.2 Å².